The Labute approximate surface area is 163 Å². The third-order valence-electron chi connectivity index (χ3n) is 4.11. The van der Waals surface area contributed by atoms with Gasteiger partial charge in [-0.3, -0.25) is 4.31 Å². The Kier molecular flexibility index (Phi) is 5.75. The fourth-order valence-electron chi connectivity index (χ4n) is 2.58. The molecule has 0 atom stereocenters. The van der Waals surface area contributed by atoms with E-state index < -0.39 is 21.8 Å². The molecule has 144 valence electrons. The van der Waals surface area contributed by atoms with Crippen LogP contribution in [0, 0.1) is 5.82 Å². The third-order valence-corrected chi connectivity index (χ3v) is 5.89. The van der Waals surface area contributed by atoms with E-state index in [1.54, 1.807) is 36.4 Å². The lowest BCUT2D eigenvalue weighted by atomic mass is 10.2. The van der Waals surface area contributed by atoms with E-state index in [1.807, 2.05) is 0 Å². The van der Waals surface area contributed by atoms with Crippen LogP contribution >= 0.6 is 0 Å². The van der Waals surface area contributed by atoms with Crippen LogP contribution in [-0.2, 0) is 21.4 Å². The van der Waals surface area contributed by atoms with Crippen molar-refractivity contribution in [3.63, 3.8) is 0 Å². The lowest BCUT2D eigenvalue weighted by molar-refractivity contribution is 0.0472. The van der Waals surface area contributed by atoms with E-state index in [2.05, 4.69) is 0 Å². The molecule has 0 N–H and O–H groups in total. The first kappa shape index (κ1) is 19.6. The molecule has 0 aromatic heterocycles. The van der Waals surface area contributed by atoms with Gasteiger partial charge in [0, 0.05) is 7.05 Å². The first-order valence-corrected chi connectivity index (χ1v) is 9.87. The van der Waals surface area contributed by atoms with Gasteiger partial charge in [-0.05, 0) is 48.0 Å². The zero-order valence-corrected chi connectivity index (χ0v) is 15.9. The molecule has 7 heteroatoms. The van der Waals surface area contributed by atoms with Gasteiger partial charge in [0.2, 0.25) is 0 Å². The molecule has 3 aromatic carbocycles. The maximum atomic E-state index is 13.2. The number of carbonyl (C=O) groups is 1. The summed E-state index contributed by atoms with van der Waals surface area (Å²) < 4.78 is 45.2. The van der Waals surface area contributed by atoms with Crippen molar-refractivity contribution in [1.82, 2.24) is 0 Å². The van der Waals surface area contributed by atoms with Gasteiger partial charge in [0.1, 0.15) is 12.4 Å². The molecular formula is C21H18FNO4S. The molecule has 0 aliphatic rings. The van der Waals surface area contributed by atoms with Crippen molar-refractivity contribution in [1.29, 1.82) is 0 Å². The van der Waals surface area contributed by atoms with Crippen molar-refractivity contribution in [3.05, 3.63) is 95.8 Å². The third kappa shape index (κ3) is 4.37. The minimum atomic E-state index is -3.84. The van der Waals surface area contributed by atoms with Gasteiger partial charge in [0.15, 0.2) is 0 Å². The topological polar surface area (TPSA) is 63.7 Å². The van der Waals surface area contributed by atoms with Gasteiger partial charge in [-0.25, -0.2) is 17.6 Å². The number of hydrogen-bond donors (Lipinski definition) is 0. The zero-order valence-electron chi connectivity index (χ0n) is 15.1. The summed E-state index contributed by atoms with van der Waals surface area (Å²) in [7, 11) is -2.40. The van der Waals surface area contributed by atoms with E-state index in [0.717, 1.165) is 4.31 Å². The molecule has 3 rings (SSSR count). The van der Waals surface area contributed by atoms with Crippen LogP contribution in [0.1, 0.15) is 15.9 Å². The summed E-state index contributed by atoms with van der Waals surface area (Å²) in [5.74, 6) is -1.12. The summed E-state index contributed by atoms with van der Waals surface area (Å²) in [6.45, 7) is -0.114. The smallest absolute Gasteiger partial charge is 0.338 e. The van der Waals surface area contributed by atoms with E-state index in [-0.39, 0.29) is 17.1 Å². The number of esters is 1. The summed E-state index contributed by atoms with van der Waals surface area (Å²) >= 11 is 0. The van der Waals surface area contributed by atoms with Gasteiger partial charge in [-0.1, -0.05) is 36.4 Å². The van der Waals surface area contributed by atoms with Crippen LogP contribution in [0.4, 0.5) is 10.1 Å². The molecule has 0 unspecified atom stereocenters. The lowest BCUT2D eigenvalue weighted by Crippen LogP contribution is -2.26. The molecule has 0 bridgehead atoms. The molecule has 0 amide bonds. The SMILES string of the molecule is CN(c1ccccc1)S(=O)(=O)c1cccc(C(=O)OCc2cccc(F)c2)c1. The van der Waals surface area contributed by atoms with E-state index in [1.165, 1.54) is 49.5 Å². The Morgan fingerprint density at radius 2 is 1.68 bits per heavy atom. The molecule has 0 saturated carbocycles. The van der Waals surface area contributed by atoms with Crippen LogP contribution in [0.25, 0.3) is 0 Å². The molecule has 0 heterocycles. The minimum Gasteiger partial charge on any atom is -0.457 e. The Bertz CT molecular complexity index is 1080. The van der Waals surface area contributed by atoms with Crippen LogP contribution in [-0.4, -0.2) is 21.4 Å². The largest absolute Gasteiger partial charge is 0.457 e. The maximum Gasteiger partial charge on any atom is 0.338 e. The predicted molar refractivity (Wildman–Crippen MR) is 104 cm³/mol. The van der Waals surface area contributed by atoms with Gasteiger partial charge in [0.25, 0.3) is 10.0 Å². The minimum absolute atomic E-state index is 0.0286. The van der Waals surface area contributed by atoms with Crippen LogP contribution in [0.2, 0.25) is 0 Å². The first-order chi connectivity index (χ1) is 13.4. The fraction of sp³-hybridized carbons (Fsp3) is 0.0952. The van der Waals surface area contributed by atoms with Crippen molar-refractivity contribution in [2.75, 3.05) is 11.4 Å². The van der Waals surface area contributed by atoms with Crippen LogP contribution in [0.3, 0.4) is 0 Å². The number of halogens is 1. The summed E-state index contributed by atoms with van der Waals surface area (Å²) in [6.07, 6.45) is 0. The highest BCUT2D eigenvalue weighted by Crippen LogP contribution is 2.22. The zero-order chi connectivity index (χ0) is 20.1. The lowest BCUT2D eigenvalue weighted by Gasteiger charge is -2.19. The van der Waals surface area contributed by atoms with Crippen molar-refractivity contribution < 1.29 is 22.3 Å². The molecule has 0 aliphatic carbocycles. The standard InChI is InChI=1S/C21H18FNO4S/c1-23(19-10-3-2-4-11-19)28(25,26)20-12-6-8-17(14-20)21(24)27-15-16-7-5-9-18(22)13-16/h2-14H,15H2,1H3. The molecule has 0 fully saturated rings. The molecule has 5 nitrogen and oxygen atoms in total. The molecule has 0 radical (unpaired) electrons. The number of anilines is 1. The Hall–Kier alpha value is -3.19. The van der Waals surface area contributed by atoms with E-state index in [4.69, 9.17) is 4.74 Å². The number of benzene rings is 3. The number of sulfonamides is 1. The van der Waals surface area contributed by atoms with Crippen LogP contribution in [0.5, 0.6) is 0 Å². The molecule has 28 heavy (non-hydrogen) atoms. The Morgan fingerprint density at radius 3 is 2.39 bits per heavy atom. The van der Waals surface area contributed by atoms with Gasteiger partial charge in [0.05, 0.1) is 16.1 Å². The molecule has 0 saturated heterocycles. The molecule has 0 aliphatic heterocycles. The summed E-state index contributed by atoms with van der Waals surface area (Å²) in [5.41, 5.74) is 1.10. The van der Waals surface area contributed by atoms with Gasteiger partial charge in [-0.2, -0.15) is 0 Å². The van der Waals surface area contributed by atoms with Gasteiger partial charge in [-0.15, -0.1) is 0 Å². The van der Waals surface area contributed by atoms with Crippen molar-refractivity contribution >= 4 is 21.7 Å². The number of rotatable bonds is 6. The number of hydrogen-bond acceptors (Lipinski definition) is 4. The van der Waals surface area contributed by atoms with Crippen LogP contribution < -0.4 is 4.31 Å². The number of carbonyl (C=O) groups excluding carboxylic acids is 1. The van der Waals surface area contributed by atoms with Crippen molar-refractivity contribution in [2.24, 2.45) is 0 Å². The highest BCUT2D eigenvalue weighted by molar-refractivity contribution is 7.92. The predicted octanol–water partition coefficient (Wildman–Crippen LogP) is 4.01. The number of nitrogens with zero attached hydrogens (tertiary/aromatic N) is 1. The molecular weight excluding hydrogens is 381 g/mol. The van der Waals surface area contributed by atoms with E-state index in [9.17, 15) is 17.6 Å². The molecule has 3 aromatic rings. The second-order valence-electron chi connectivity index (χ2n) is 6.04. The fourth-order valence-corrected chi connectivity index (χ4v) is 3.82. The highest BCUT2D eigenvalue weighted by Gasteiger charge is 2.22. The normalized spacial score (nSPS) is 11.1. The highest BCUT2D eigenvalue weighted by atomic mass is 32.2. The summed E-state index contributed by atoms with van der Waals surface area (Å²) in [5, 5.41) is 0. The monoisotopic (exact) mass is 399 g/mol. The van der Waals surface area contributed by atoms with Crippen LogP contribution in [0.15, 0.2) is 83.8 Å². The summed E-state index contributed by atoms with van der Waals surface area (Å²) in [6, 6.07) is 20.0. The average molecular weight is 399 g/mol. The van der Waals surface area contributed by atoms with E-state index >= 15 is 0 Å². The van der Waals surface area contributed by atoms with E-state index in [0.29, 0.717) is 11.3 Å². The second-order valence-corrected chi connectivity index (χ2v) is 8.01. The van der Waals surface area contributed by atoms with Gasteiger partial charge >= 0.3 is 5.97 Å². The average Bonchev–Trinajstić information content (AvgIpc) is 2.72. The molecule has 0 spiro atoms. The van der Waals surface area contributed by atoms with Crippen molar-refractivity contribution in [2.45, 2.75) is 11.5 Å². The number of para-hydroxylation sites is 1. The maximum absolute atomic E-state index is 13.2. The van der Waals surface area contributed by atoms with Gasteiger partial charge < -0.3 is 4.74 Å². The first-order valence-electron chi connectivity index (χ1n) is 8.43. The number of ether oxygens (including phenoxy) is 1. The summed E-state index contributed by atoms with van der Waals surface area (Å²) in [4.78, 5) is 12.3. The Morgan fingerprint density at radius 1 is 0.964 bits per heavy atom. The quantitative estimate of drug-likeness (QED) is 0.588. The van der Waals surface area contributed by atoms with Crippen molar-refractivity contribution in [3.8, 4) is 0 Å². The Balaban J connectivity index is 1.78. The second kappa shape index (κ2) is 8.22.